The third-order valence-corrected chi connectivity index (χ3v) is 7.02. The van der Waals surface area contributed by atoms with Gasteiger partial charge in [0.1, 0.15) is 17.0 Å². The summed E-state index contributed by atoms with van der Waals surface area (Å²) in [4.78, 5) is 29.2. The van der Waals surface area contributed by atoms with E-state index in [4.69, 9.17) is 9.84 Å². The van der Waals surface area contributed by atoms with Gasteiger partial charge in [0, 0.05) is 17.0 Å². The molecule has 1 aromatic heterocycles. The second-order valence-corrected chi connectivity index (χ2v) is 10.6. The van der Waals surface area contributed by atoms with Gasteiger partial charge in [-0.25, -0.2) is 0 Å². The molecule has 0 radical (unpaired) electrons. The fourth-order valence-electron chi connectivity index (χ4n) is 4.85. The first-order valence-corrected chi connectivity index (χ1v) is 12.0. The van der Waals surface area contributed by atoms with Crippen LogP contribution in [0.4, 0.5) is 0 Å². The molecule has 1 saturated carbocycles. The van der Waals surface area contributed by atoms with Gasteiger partial charge in [-0.15, -0.1) is 0 Å². The van der Waals surface area contributed by atoms with E-state index in [1.807, 2.05) is 37.3 Å². The van der Waals surface area contributed by atoms with Gasteiger partial charge in [-0.2, -0.15) is 5.10 Å². The van der Waals surface area contributed by atoms with Crippen LogP contribution in [0.5, 0.6) is 5.75 Å². The highest BCUT2D eigenvalue weighted by atomic mass is 16.5. The van der Waals surface area contributed by atoms with Gasteiger partial charge in [0.05, 0.1) is 25.9 Å². The molecule has 0 bridgehead atoms. The summed E-state index contributed by atoms with van der Waals surface area (Å²) < 4.78 is 7.26. The van der Waals surface area contributed by atoms with Crippen molar-refractivity contribution in [2.24, 2.45) is 0 Å². The van der Waals surface area contributed by atoms with Crippen LogP contribution >= 0.6 is 0 Å². The highest BCUT2D eigenvalue weighted by Gasteiger charge is 2.49. The smallest absolute Gasteiger partial charge is 0.273 e. The number of carbonyl (C=O) groups excluding carboxylic acids is 2. The van der Waals surface area contributed by atoms with Crippen LogP contribution in [0.2, 0.25) is 0 Å². The molecule has 2 amide bonds. The minimum atomic E-state index is -1.07. The SMILES string of the molecule is COc1ccccc1CN1C(=O)c2cc(C(C)(C)C)nn2C[C@]1(C)C(=O)NC1CCCCC1. The van der Waals surface area contributed by atoms with Crippen molar-refractivity contribution in [3.8, 4) is 5.75 Å². The summed E-state index contributed by atoms with van der Waals surface area (Å²) in [7, 11) is 1.62. The number of aromatic nitrogens is 2. The lowest BCUT2D eigenvalue weighted by atomic mass is 9.90. The van der Waals surface area contributed by atoms with E-state index in [9.17, 15) is 9.59 Å². The molecule has 0 spiro atoms. The maximum atomic E-state index is 13.8. The molecule has 1 aliphatic heterocycles. The summed E-state index contributed by atoms with van der Waals surface area (Å²) in [5.74, 6) is 0.405. The number of methoxy groups -OCH3 is 1. The van der Waals surface area contributed by atoms with Crippen LogP contribution in [-0.4, -0.2) is 45.2 Å². The van der Waals surface area contributed by atoms with Crippen LogP contribution in [0.15, 0.2) is 30.3 Å². The zero-order valence-corrected chi connectivity index (χ0v) is 20.5. The van der Waals surface area contributed by atoms with Crippen molar-refractivity contribution in [1.82, 2.24) is 20.0 Å². The molecule has 33 heavy (non-hydrogen) atoms. The van der Waals surface area contributed by atoms with Gasteiger partial charge in [0.25, 0.3) is 5.91 Å². The van der Waals surface area contributed by atoms with Gasteiger partial charge in [-0.1, -0.05) is 58.2 Å². The lowest BCUT2D eigenvalue weighted by molar-refractivity contribution is -0.134. The molecule has 1 aliphatic carbocycles. The Morgan fingerprint density at radius 2 is 1.91 bits per heavy atom. The zero-order chi connectivity index (χ0) is 23.8. The van der Waals surface area contributed by atoms with Gasteiger partial charge >= 0.3 is 0 Å². The van der Waals surface area contributed by atoms with E-state index >= 15 is 0 Å². The second-order valence-electron chi connectivity index (χ2n) is 10.6. The monoisotopic (exact) mass is 452 g/mol. The summed E-state index contributed by atoms with van der Waals surface area (Å²) in [5, 5.41) is 7.99. The molecule has 2 aromatic rings. The minimum absolute atomic E-state index is 0.115. The van der Waals surface area contributed by atoms with Gasteiger partial charge in [-0.3, -0.25) is 14.3 Å². The first-order chi connectivity index (χ1) is 15.6. The molecule has 7 nitrogen and oxygen atoms in total. The molecule has 2 aliphatic rings. The molecule has 7 heteroatoms. The number of hydrogen-bond acceptors (Lipinski definition) is 4. The summed E-state index contributed by atoms with van der Waals surface area (Å²) >= 11 is 0. The average Bonchev–Trinajstić information content (AvgIpc) is 3.22. The largest absolute Gasteiger partial charge is 0.496 e. The molecule has 0 unspecified atom stereocenters. The highest BCUT2D eigenvalue weighted by molar-refractivity contribution is 5.99. The summed E-state index contributed by atoms with van der Waals surface area (Å²) in [6.07, 6.45) is 5.45. The predicted molar refractivity (Wildman–Crippen MR) is 127 cm³/mol. The third kappa shape index (κ3) is 4.50. The maximum absolute atomic E-state index is 13.8. The summed E-state index contributed by atoms with van der Waals surface area (Å²) in [5.41, 5.74) is 0.981. The Balaban J connectivity index is 1.72. The van der Waals surface area contributed by atoms with E-state index in [2.05, 4.69) is 26.1 Å². The summed E-state index contributed by atoms with van der Waals surface area (Å²) in [6, 6.07) is 9.68. The quantitative estimate of drug-likeness (QED) is 0.742. The number of nitrogens with one attached hydrogen (secondary N) is 1. The van der Waals surface area contributed by atoms with Gasteiger partial charge in [0.2, 0.25) is 5.91 Å². The number of carbonyl (C=O) groups is 2. The van der Waals surface area contributed by atoms with Crippen molar-refractivity contribution in [2.45, 2.75) is 89.9 Å². The van der Waals surface area contributed by atoms with E-state index in [0.29, 0.717) is 18.0 Å². The third-order valence-electron chi connectivity index (χ3n) is 7.02. The molecular formula is C26H36N4O3. The molecule has 178 valence electrons. The Hall–Kier alpha value is -2.83. The van der Waals surface area contributed by atoms with Crippen molar-refractivity contribution < 1.29 is 14.3 Å². The predicted octanol–water partition coefficient (Wildman–Crippen LogP) is 4.05. The molecule has 4 rings (SSSR count). The molecule has 0 saturated heterocycles. The number of nitrogens with zero attached hydrogens (tertiary/aromatic N) is 3. The number of para-hydroxylation sites is 1. The van der Waals surface area contributed by atoms with E-state index in [-0.39, 0.29) is 29.8 Å². The normalized spacial score (nSPS) is 21.6. The van der Waals surface area contributed by atoms with Crippen LogP contribution in [0.25, 0.3) is 0 Å². The lowest BCUT2D eigenvalue weighted by Crippen LogP contribution is -2.64. The number of benzene rings is 1. The Morgan fingerprint density at radius 1 is 1.21 bits per heavy atom. The van der Waals surface area contributed by atoms with Gasteiger partial charge < -0.3 is 15.0 Å². The highest BCUT2D eigenvalue weighted by Crippen LogP contribution is 2.33. The topological polar surface area (TPSA) is 76.5 Å². The van der Waals surface area contributed by atoms with Crippen molar-refractivity contribution in [2.75, 3.05) is 7.11 Å². The standard InChI is InChI=1S/C26H36N4O3/c1-25(2,3)22-15-20-23(31)29(16-18-11-9-10-14-21(18)33-5)26(4,17-30(20)28-22)24(32)27-19-12-7-6-8-13-19/h9-11,14-15,19H,6-8,12-13,16-17H2,1-5H3,(H,27,32)/t26-/m1/s1. The zero-order valence-electron chi connectivity index (χ0n) is 20.5. The van der Waals surface area contributed by atoms with E-state index in [1.165, 1.54) is 6.42 Å². The van der Waals surface area contributed by atoms with Gasteiger partial charge in [0.15, 0.2) is 0 Å². The van der Waals surface area contributed by atoms with Crippen LogP contribution in [-0.2, 0) is 23.3 Å². The summed E-state index contributed by atoms with van der Waals surface area (Å²) in [6.45, 7) is 8.69. The van der Waals surface area contributed by atoms with Gasteiger partial charge in [-0.05, 0) is 31.9 Å². The number of ether oxygens (including phenoxy) is 1. The Labute approximate surface area is 196 Å². The van der Waals surface area contributed by atoms with E-state index in [1.54, 1.807) is 16.7 Å². The molecule has 2 heterocycles. The molecule has 1 N–H and O–H groups in total. The van der Waals surface area contributed by atoms with E-state index in [0.717, 1.165) is 36.9 Å². The minimum Gasteiger partial charge on any atom is -0.496 e. The Bertz CT molecular complexity index is 1030. The second kappa shape index (κ2) is 8.84. The molecule has 1 atom stereocenters. The molecule has 1 aromatic carbocycles. The number of hydrogen-bond donors (Lipinski definition) is 1. The van der Waals surface area contributed by atoms with E-state index < -0.39 is 5.54 Å². The molecule has 1 fully saturated rings. The van der Waals surface area contributed by atoms with Crippen LogP contribution < -0.4 is 10.1 Å². The van der Waals surface area contributed by atoms with Crippen molar-refractivity contribution >= 4 is 11.8 Å². The van der Waals surface area contributed by atoms with Crippen LogP contribution in [0.1, 0.15) is 81.5 Å². The number of rotatable bonds is 5. The van der Waals surface area contributed by atoms with Crippen molar-refractivity contribution in [1.29, 1.82) is 0 Å². The maximum Gasteiger partial charge on any atom is 0.273 e. The Morgan fingerprint density at radius 3 is 2.58 bits per heavy atom. The lowest BCUT2D eigenvalue weighted by Gasteiger charge is -2.44. The van der Waals surface area contributed by atoms with Crippen LogP contribution in [0, 0.1) is 0 Å². The first-order valence-electron chi connectivity index (χ1n) is 12.0. The number of fused-ring (bicyclic) bond motifs is 1. The average molecular weight is 453 g/mol. The van der Waals surface area contributed by atoms with Crippen molar-refractivity contribution in [3.05, 3.63) is 47.3 Å². The van der Waals surface area contributed by atoms with Crippen LogP contribution in [0.3, 0.4) is 0 Å². The number of amides is 2. The van der Waals surface area contributed by atoms with Crippen molar-refractivity contribution in [3.63, 3.8) is 0 Å². The molecular weight excluding hydrogens is 416 g/mol. The Kier molecular flexibility index (Phi) is 6.25. The fraction of sp³-hybridized carbons (Fsp3) is 0.577. The fourth-order valence-corrected chi connectivity index (χ4v) is 4.85. The first kappa shape index (κ1) is 23.3.